The highest BCUT2D eigenvalue weighted by atomic mass is 16.5. The number of hydrogen-bond acceptors (Lipinski definition) is 5. The second-order valence-electron chi connectivity index (χ2n) is 13.9. The van der Waals surface area contributed by atoms with Gasteiger partial charge in [-0.05, 0) is 87.6 Å². The minimum absolute atomic E-state index is 0.538. The standard InChI is InChI=1S/C51H32N4O/c52-33-34-23-25-36(26-24-34)49-53-48(35-13-4-1-5-14-35)54-50(55-49)41-18-12-17-37(29-41)40-27-28-46-44(31-40)51(42-19-6-2-7-20-42,43-21-8-3-9-22-43)45-30-38-15-10-11-16-39(38)32-47(45)56-46/h1-32H. The molecule has 2 heterocycles. The van der Waals surface area contributed by atoms with Crippen molar-refractivity contribution >= 4 is 10.8 Å². The third-order valence-electron chi connectivity index (χ3n) is 10.7. The fourth-order valence-corrected chi connectivity index (χ4v) is 8.00. The maximum Gasteiger partial charge on any atom is 0.164 e. The fraction of sp³-hybridized carbons (Fsp3) is 0.0196. The van der Waals surface area contributed by atoms with Crippen molar-refractivity contribution in [3.8, 4) is 62.9 Å². The fourth-order valence-electron chi connectivity index (χ4n) is 8.00. The molecule has 262 valence electrons. The zero-order valence-electron chi connectivity index (χ0n) is 30.2. The van der Waals surface area contributed by atoms with E-state index in [9.17, 15) is 5.26 Å². The van der Waals surface area contributed by atoms with Gasteiger partial charge < -0.3 is 4.74 Å². The van der Waals surface area contributed by atoms with Crippen LogP contribution in [0.2, 0.25) is 0 Å². The quantitative estimate of drug-likeness (QED) is 0.171. The Morgan fingerprint density at radius 3 is 1.52 bits per heavy atom. The normalized spacial score (nSPS) is 12.6. The molecule has 56 heavy (non-hydrogen) atoms. The summed E-state index contributed by atoms with van der Waals surface area (Å²) in [6.45, 7) is 0. The molecule has 8 aromatic carbocycles. The van der Waals surface area contributed by atoms with Crippen LogP contribution in [0.1, 0.15) is 27.8 Å². The molecule has 0 fully saturated rings. The summed E-state index contributed by atoms with van der Waals surface area (Å²) >= 11 is 0. The first-order valence-electron chi connectivity index (χ1n) is 18.6. The van der Waals surface area contributed by atoms with Crippen LogP contribution in [-0.2, 0) is 5.41 Å². The third-order valence-corrected chi connectivity index (χ3v) is 10.7. The zero-order valence-corrected chi connectivity index (χ0v) is 30.2. The van der Waals surface area contributed by atoms with Gasteiger partial charge in [0.15, 0.2) is 17.5 Å². The van der Waals surface area contributed by atoms with Crippen molar-refractivity contribution in [3.63, 3.8) is 0 Å². The maximum atomic E-state index is 9.40. The summed E-state index contributed by atoms with van der Waals surface area (Å²) in [6, 6.07) is 68.8. The Kier molecular flexibility index (Phi) is 8.01. The molecule has 1 aliphatic rings. The van der Waals surface area contributed by atoms with E-state index in [2.05, 4.69) is 140 Å². The second kappa shape index (κ2) is 13.6. The number of benzene rings is 8. The summed E-state index contributed by atoms with van der Waals surface area (Å²) in [5, 5.41) is 11.7. The lowest BCUT2D eigenvalue weighted by Gasteiger charge is -2.42. The van der Waals surface area contributed by atoms with Crippen LogP contribution in [0, 0.1) is 11.3 Å². The Labute approximate surface area is 324 Å². The van der Waals surface area contributed by atoms with Gasteiger partial charge in [0.05, 0.1) is 17.0 Å². The highest BCUT2D eigenvalue weighted by Crippen LogP contribution is 2.56. The molecule has 10 rings (SSSR count). The van der Waals surface area contributed by atoms with Crippen molar-refractivity contribution in [3.05, 3.63) is 222 Å². The van der Waals surface area contributed by atoms with Crippen molar-refractivity contribution in [1.82, 2.24) is 15.0 Å². The van der Waals surface area contributed by atoms with E-state index in [0.29, 0.717) is 23.0 Å². The van der Waals surface area contributed by atoms with Crippen LogP contribution in [-0.4, -0.2) is 15.0 Å². The smallest absolute Gasteiger partial charge is 0.164 e. The number of hydrogen-bond donors (Lipinski definition) is 0. The van der Waals surface area contributed by atoms with Crippen LogP contribution in [0.3, 0.4) is 0 Å². The van der Waals surface area contributed by atoms with Crippen molar-refractivity contribution in [1.29, 1.82) is 5.26 Å². The predicted octanol–water partition coefficient (Wildman–Crippen LogP) is 12.1. The average molecular weight is 717 g/mol. The molecular formula is C51H32N4O. The van der Waals surface area contributed by atoms with E-state index in [1.54, 1.807) is 12.1 Å². The van der Waals surface area contributed by atoms with Crippen LogP contribution in [0.5, 0.6) is 11.5 Å². The average Bonchev–Trinajstić information content (AvgIpc) is 3.28. The summed E-state index contributed by atoms with van der Waals surface area (Å²) in [7, 11) is 0. The lowest BCUT2D eigenvalue weighted by molar-refractivity contribution is 0.435. The number of nitrogens with zero attached hydrogens (tertiary/aromatic N) is 4. The van der Waals surface area contributed by atoms with Crippen LogP contribution in [0.15, 0.2) is 194 Å². The molecule has 9 aromatic rings. The molecule has 0 unspecified atom stereocenters. The van der Waals surface area contributed by atoms with E-state index in [4.69, 9.17) is 19.7 Å². The number of ether oxygens (including phenoxy) is 1. The van der Waals surface area contributed by atoms with Gasteiger partial charge >= 0.3 is 0 Å². The van der Waals surface area contributed by atoms with Crippen molar-refractivity contribution < 1.29 is 4.74 Å². The highest BCUT2D eigenvalue weighted by molar-refractivity contribution is 5.88. The van der Waals surface area contributed by atoms with Crippen LogP contribution in [0.25, 0.3) is 56.1 Å². The van der Waals surface area contributed by atoms with Gasteiger partial charge in [-0.15, -0.1) is 0 Å². The van der Waals surface area contributed by atoms with Crippen LogP contribution < -0.4 is 4.74 Å². The van der Waals surface area contributed by atoms with Crippen LogP contribution in [0.4, 0.5) is 0 Å². The van der Waals surface area contributed by atoms with Gasteiger partial charge in [-0.3, -0.25) is 0 Å². The summed E-state index contributed by atoms with van der Waals surface area (Å²) in [5.74, 6) is 3.34. The molecule has 0 saturated heterocycles. The van der Waals surface area contributed by atoms with Gasteiger partial charge in [0, 0.05) is 27.8 Å². The first-order chi connectivity index (χ1) is 27.7. The van der Waals surface area contributed by atoms with E-state index in [1.165, 1.54) is 0 Å². The van der Waals surface area contributed by atoms with Gasteiger partial charge in [-0.1, -0.05) is 140 Å². The topological polar surface area (TPSA) is 71.7 Å². The molecule has 0 aliphatic carbocycles. The van der Waals surface area contributed by atoms with Gasteiger partial charge in [0.25, 0.3) is 0 Å². The van der Waals surface area contributed by atoms with E-state index in [-0.39, 0.29) is 0 Å². The Hall–Kier alpha value is -7.68. The van der Waals surface area contributed by atoms with Gasteiger partial charge in [0.1, 0.15) is 11.5 Å². The predicted molar refractivity (Wildman–Crippen MR) is 222 cm³/mol. The summed E-state index contributed by atoms with van der Waals surface area (Å²) in [5.41, 5.74) is 9.01. The molecular weight excluding hydrogens is 685 g/mol. The molecule has 0 amide bonds. The van der Waals surface area contributed by atoms with E-state index >= 15 is 0 Å². The minimum atomic E-state index is -0.669. The molecule has 0 bridgehead atoms. The zero-order chi connectivity index (χ0) is 37.5. The van der Waals surface area contributed by atoms with Gasteiger partial charge in [0.2, 0.25) is 0 Å². The van der Waals surface area contributed by atoms with E-state index in [0.717, 1.165) is 72.3 Å². The number of rotatable bonds is 6. The molecule has 1 aliphatic heterocycles. The Balaban J connectivity index is 1.16. The highest BCUT2D eigenvalue weighted by Gasteiger charge is 2.45. The SMILES string of the molecule is N#Cc1ccc(-c2nc(-c3ccccc3)nc(-c3cccc(-c4ccc5c(c4)C(c4ccccc4)(c4ccccc4)c4cc6ccccc6cc4O5)c3)n2)cc1. The third kappa shape index (κ3) is 5.60. The van der Waals surface area contributed by atoms with Crippen LogP contribution >= 0.6 is 0 Å². The lowest BCUT2D eigenvalue weighted by atomic mass is 9.63. The Morgan fingerprint density at radius 2 is 0.875 bits per heavy atom. The Bertz CT molecular complexity index is 2900. The summed E-state index contributed by atoms with van der Waals surface area (Å²) in [4.78, 5) is 14.9. The van der Waals surface area contributed by atoms with Crippen molar-refractivity contribution in [2.75, 3.05) is 0 Å². The molecule has 0 saturated carbocycles. The monoisotopic (exact) mass is 716 g/mol. The minimum Gasteiger partial charge on any atom is -0.457 e. The summed E-state index contributed by atoms with van der Waals surface area (Å²) < 4.78 is 6.85. The molecule has 5 heteroatoms. The second-order valence-corrected chi connectivity index (χ2v) is 13.9. The Morgan fingerprint density at radius 1 is 0.393 bits per heavy atom. The molecule has 0 spiro atoms. The van der Waals surface area contributed by atoms with E-state index < -0.39 is 5.41 Å². The molecule has 5 nitrogen and oxygen atoms in total. The number of nitriles is 1. The molecule has 0 radical (unpaired) electrons. The molecule has 0 atom stereocenters. The number of aromatic nitrogens is 3. The first-order valence-corrected chi connectivity index (χ1v) is 18.6. The van der Waals surface area contributed by atoms with Gasteiger partial charge in [-0.2, -0.15) is 5.26 Å². The number of fused-ring (bicyclic) bond motifs is 3. The molecule has 1 aromatic heterocycles. The van der Waals surface area contributed by atoms with Gasteiger partial charge in [-0.25, -0.2) is 15.0 Å². The first kappa shape index (κ1) is 32.9. The lowest BCUT2D eigenvalue weighted by Crippen LogP contribution is -2.34. The van der Waals surface area contributed by atoms with Crippen molar-refractivity contribution in [2.45, 2.75) is 5.41 Å². The maximum absolute atomic E-state index is 9.40. The largest absolute Gasteiger partial charge is 0.457 e. The summed E-state index contributed by atoms with van der Waals surface area (Å²) in [6.07, 6.45) is 0. The van der Waals surface area contributed by atoms with Crippen molar-refractivity contribution in [2.24, 2.45) is 0 Å². The molecule has 0 N–H and O–H groups in total. The van der Waals surface area contributed by atoms with E-state index in [1.807, 2.05) is 48.5 Å².